The molecule has 1 aliphatic carbocycles. The molecule has 1 aliphatic rings. The maximum absolute atomic E-state index is 3.35. The molecule has 1 aromatic carbocycles. The minimum absolute atomic E-state index is 0.793. The first-order valence-corrected chi connectivity index (χ1v) is 7.63. The largest absolute Gasteiger partial charge is 0.316 e. The van der Waals surface area contributed by atoms with Crippen molar-refractivity contribution in [2.45, 2.75) is 46.0 Å². The molecular weight excluding hydrogens is 230 g/mol. The maximum Gasteiger partial charge on any atom is 0.0167 e. The summed E-state index contributed by atoms with van der Waals surface area (Å²) < 4.78 is 0. The van der Waals surface area contributed by atoms with Crippen LogP contribution in [0.3, 0.4) is 0 Å². The Morgan fingerprint density at radius 1 is 1.21 bits per heavy atom. The molecule has 0 bridgehead atoms. The summed E-state index contributed by atoms with van der Waals surface area (Å²) in [6.07, 6.45) is 9.40. The Labute approximate surface area is 118 Å². The van der Waals surface area contributed by atoms with Crippen LogP contribution >= 0.6 is 0 Å². The van der Waals surface area contributed by atoms with E-state index in [1.165, 1.54) is 48.8 Å². The number of nitrogens with one attached hydrogen (secondary N) is 1. The first kappa shape index (κ1) is 14.3. The summed E-state index contributed by atoms with van der Waals surface area (Å²) in [5.41, 5.74) is 5.72. The van der Waals surface area contributed by atoms with Gasteiger partial charge in [0, 0.05) is 6.54 Å². The fourth-order valence-electron chi connectivity index (χ4n) is 3.18. The number of likely N-dealkylation sites (N-methyl/N-ethyl adjacent to an activating group) is 1. The highest BCUT2D eigenvalue weighted by Crippen LogP contribution is 2.31. The molecule has 0 atom stereocenters. The van der Waals surface area contributed by atoms with Crippen molar-refractivity contribution in [3.05, 3.63) is 40.5 Å². The number of hydrogen-bond donors (Lipinski definition) is 1. The minimum Gasteiger partial charge on any atom is -0.316 e. The van der Waals surface area contributed by atoms with Crippen molar-refractivity contribution >= 4 is 6.08 Å². The van der Waals surface area contributed by atoms with Crippen LogP contribution in [-0.2, 0) is 0 Å². The lowest BCUT2D eigenvalue weighted by Gasteiger charge is -2.25. The van der Waals surface area contributed by atoms with E-state index in [0.29, 0.717) is 0 Å². The maximum atomic E-state index is 3.35. The lowest BCUT2D eigenvalue weighted by Crippen LogP contribution is -2.19. The molecule has 0 radical (unpaired) electrons. The zero-order valence-corrected chi connectivity index (χ0v) is 12.6. The summed E-state index contributed by atoms with van der Waals surface area (Å²) in [7, 11) is 2.05. The van der Waals surface area contributed by atoms with Gasteiger partial charge in [-0.25, -0.2) is 0 Å². The fraction of sp³-hybridized carbons (Fsp3) is 0.556. The fourth-order valence-corrected chi connectivity index (χ4v) is 3.18. The molecule has 19 heavy (non-hydrogen) atoms. The predicted molar refractivity (Wildman–Crippen MR) is 84.4 cm³/mol. The van der Waals surface area contributed by atoms with Gasteiger partial charge in [-0.3, -0.25) is 0 Å². The normalized spacial score (nSPS) is 17.7. The highest BCUT2D eigenvalue weighted by molar-refractivity contribution is 5.58. The van der Waals surface area contributed by atoms with Crippen LogP contribution in [0.15, 0.2) is 23.8 Å². The number of rotatable bonds is 4. The van der Waals surface area contributed by atoms with Crippen molar-refractivity contribution in [2.75, 3.05) is 13.6 Å². The van der Waals surface area contributed by atoms with Gasteiger partial charge >= 0.3 is 0 Å². The number of hydrogen-bond acceptors (Lipinski definition) is 1. The molecule has 1 heteroatoms. The van der Waals surface area contributed by atoms with Gasteiger partial charge in [0.1, 0.15) is 0 Å². The van der Waals surface area contributed by atoms with Gasteiger partial charge < -0.3 is 5.32 Å². The van der Waals surface area contributed by atoms with E-state index in [-0.39, 0.29) is 0 Å². The molecular formula is C18H27N. The second-order valence-corrected chi connectivity index (χ2v) is 5.94. The third-order valence-electron chi connectivity index (χ3n) is 4.28. The second-order valence-electron chi connectivity index (χ2n) is 5.94. The lowest BCUT2D eigenvalue weighted by molar-refractivity contribution is 0.398. The first-order chi connectivity index (χ1) is 9.20. The van der Waals surface area contributed by atoms with Crippen molar-refractivity contribution in [2.24, 2.45) is 5.92 Å². The summed E-state index contributed by atoms with van der Waals surface area (Å²) in [4.78, 5) is 0. The molecule has 0 aliphatic heterocycles. The van der Waals surface area contributed by atoms with Gasteiger partial charge in [-0.2, -0.15) is 0 Å². The van der Waals surface area contributed by atoms with Crippen molar-refractivity contribution in [3.8, 4) is 0 Å². The van der Waals surface area contributed by atoms with Crippen molar-refractivity contribution in [1.82, 2.24) is 5.32 Å². The molecule has 104 valence electrons. The third-order valence-corrected chi connectivity index (χ3v) is 4.28. The Balaban J connectivity index is 2.23. The molecule has 0 saturated heterocycles. The Bertz CT molecular complexity index is 439. The van der Waals surface area contributed by atoms with Crippen molar-refractivity contribution in [1.29, 1.82) is 0 Å². The molecule has 1 nitrogen and oxygen atoms in total. The summed E-state index contributed by atoms with van der Waals surface area (Å²) in [6.45, 7) is 5.41. The molecule has 0 amide bonds. The van der Waals surface area contributed by atoms with E-state index in [0.717, 1.165) is 12.5 Å². The highest BCUT2D eigenvalue weighted by atomic mass is 14.8. The van der Waals surface area contributed by atoms with Crippen LogP contribution in [-0.4, -0.2) is 13.6 Å². The zero-order chi connectivity index (χ0) is 13.7. The molecule has 1 saturated carbocycles. The quantitative estimate of drug-likeness (QED) is 0.838. The minimum atomic E-state index is 0.793. The van der Waals surface area contributed by atoms with E-state index in [9.17, 15) is 0 Å². The third kappa shape index (κ3) is 3.94. The topological polar surface area (TPSA) is 12.0 Å². The molecule has 2 rings (SSSR count). The van der Waals surface area contributed by atoms with E-state index in [1.807, 2.05) is 0 Å². The zero-order valence-electron chi connectivity index (χ0n) is 12.6. The Morgan fingerprint density at radius 2 is 1.95 bits per heavy atom. The average Bonchev–Trinajstić information content (AvgIpc) is 2.42. The molecule has 1 N–H and O–H groups in total. The van der Waals surface area contributed by atoms with Gasteiger partial charge in [0.15, 0.2) is 0 Å². The van der Waals surface area contributed by atoms with E-state index < -0.39 is 0 Å². The van der Waals surface area contributed by atoms with Gasteiger partial charge in [-0.05, 0) is 50.8 Å². The summed E-state index contributed by atoms with van der Waals surface area (Å²) in [5, 5.41) is 3.35. The van der Waals surface area contributed by atoms with Gasteiger partial charge in [0.25, 0.3) is 0 Å². The first-order valence-electron chi connectivity index (χ1n) is 7.63. The second kappa shape index (κ2) is 6.91. The van der Waals surface area contributed by atoms with Crippen molar-refractivity contribution < 1.29 is 0 Å². The summed E-state index contributed by atoms with van der Waals surface area (Å²) >= 11 is 0. The van der Waals surface area contributed by atoms with Crippen LogP contribution in [0.5, 0.6) is 0 Å². The van der Waals surface area contributed by atoms with Gasteiger partial charge in [0.2, 0.25) is 0 Å². The number of aryl methyl sites for hydroxylation is 2. The van der Waals surface area contributed by atoms with Crippen LogP contribution in [0.1, 0.15) is 48.8 Å². The Hall–Kier alpha value is -1.08. The van der Waals surface area contributed by atoms with Crippen LogP contribution < -0.4 is 5.32 Å². The lowest BCUT2D eigenvalue weighted by atomic mass is 9.82. The van der Waals surface area contributed by atoms with Crippen LogP contribution in [0.4, 0.5) is 0 Å². The number of benzene rings is 1. The van der Waals surface area contributed by atoms with Crippen LogP contribution in [0.2, 0.25) is 0 Å². The van der Waals surface area contributed by atoms with E-state index in [1.54, 1.807) is 5.57 Å². The van der Waals surface area contributed by atoms with Crippen molar-refractivity contribution in [3.63, 3.8) is 0 Å². The monoisotopic (exact) mass is 257 g/mol. The highest BCUT2D eigenvalue weighted by Gasteiger charge is 2.17. The Morgan fingerprint density at radius 3 is 2.58 bits per heavy atom. The van der Waals surface area contributed by atoms with E-state index >= 15 is 0 Å². The van der Waals surface area contributed by atoms with Crippen LogP contribution in [0.25, 0.3) is 6.08 Å². The smallest absolute Gasteiger partial charge is 0.0167 e. The van der Waals surface area contributed by atoms with E-state index in [2.05, 4.69) is 50.5 Å². The SMILES string of the molecule is CNCC(=Cc1ccc(C)cc1C)C1CCCCC1. The standard InChI is InChI=1S/C18H27N/c1-14-9-10-17(15(2)11-14)12-18(13-19-3)16-7-5-4-6-8-16/h9-12,16,19H,4-8,13H2,1-3H3. The molecule has 0 spiro atoms. The molecule has 0 heterocycles. The summed E-state index contributed by atoms with van der Waals surface area (Å²) in [6, 6.07) is 6.77. The van der Waals surface area contributed by atoms with Gasteiger partial charge in [-0.1, -0.05) is 54.7 Å². The van der Waals surface area contributed by atoms with Crippen LogP contribution in [0, 0.1) is 19.8 Å². The molecule has 0 unspecified atom stereocenters. The van der Waals surface area contributed by atoms with Gasteiger partial charge in [-0.15, -0.1) is 0 Å². The van der Waals surface area contributed by atoms with E-state index in [4.69, 9.17) is 0 Å². The summed E-state index contributed by atoms with van der Waals surface area (Å²) in [5.74, 6) is 0.793. The molecule has 1 aromatic rings. The molecule has 0 aromatic heterocycles. The molecule has 1 fully saturated rings. The Kier molecular flexibility index (Phi) is 5.21. The predicted octanol–water partition coefficient (Wildman–Crippen LogP) is 4.49. The average molecular weight is 257 g/mol. The van der Waals surface area contributed by atoms with Gasteiger partial charge in [0.05, 0.1) is 0 Å².